The van der Waals surface area contributed by atoms with Gasteiger partial charge < -0.3 is 0 Å². The summed E-state index contributed by atoms with van der Waals surface area (Å²) in [5, 5.41) is 0. The van der Waals surface area contributed by atoms with Gasteiger partial charge in [0, 0.05) is 22.7 Å². The molecule has 456 valence electrons. The van der Waals surface area contributed by atoms with Crippen molar-refractivity contribution in [3.63, 3.8) is 0 Å². The molecule has 0 N–H and O–H groups in total. The molecule has 3 heteroatoms. The molecule has 79 heavy (non-hydrogen) atoms. The van der Waals surface area contributed by atoms with Crippen LogP contribution in [0.3, 0.4) is 0 Å². The maximum Gasteiger partial charge on any atom is 0.0665 e. The molecule has 2 nitrogen and oxygen atoms in total. The third-order valence-electron chi connectivity index (χ3n) is 16.8. The number of hydrogen-bond acceptors (Lipinski definition) is 2. The largest absolute Gasteiger partial charge is 0.255 e. The molecule has 0 radical (unpaired) electrons. The fraction of sp³-hybridized carbons (Fsp3) is 0.763. The minimum absolute atomic E-state index is 0. The number of hydrogen-bond donors (Lipinski definition) is 0. The summed E-state index contributed by atoms with van der Waals surface area (Å²) in [4.78, 5) is 10.4. The number of rotatable bonds is 60. The van der Waals surface area contributed by atoms with Crippen LogP contribution in [0, 0.1) is 0 Å². The first kappa shape index (κ1) is 74.8. The Morgan fingerprint density at radius 2 is 0.544 bits per heavy atom. The van der Waals surface area contributed by atoms with Gasteiger partial charge in [-0.15, -0.1) is 0 Å². The SMILES string of the molecule is CCCCCCCCCCCCCCCCCCCCCCCCC=CCCCc1ccccc1N=CC(CCCC)=Nc1ccccc1CCCC=CCCCCCCCCCCCCCCCCCCCCCCCC.[Ni]. The molecule has 0 aliphatic rings. The maximum atomic E-state index is 5.26. The van der Waals surface area contributed by atoms with Crippen molar-refractivity contribution in [3.8, 4) is 0 Å². The van der Waals surface area contributed by atoms with Gasteiger partial charge in [-0.1, -0.05) is 358 Å². The van der Waals surface area contributed by atoms with E-state index < -0.39 is 0 Å². The molecule has 0 aromatic heterocycles. The van der Waals surface area contributed by atoms with Gasteiger partial charge in [0.05, 0.1) is 17.1 Å². The second kappa shape index (κ2) is 61.8. The number of unbranched alkanes of at least 4 members (excludes halogenated alkanes) is 47. The van der Waals surface area contributed by atoms with Crippen LogP contribution in [0.4, 0.5) is 11.4 Å². The summed E-state index contributed by atoms with van der Waals surface area (Å²) in [5.74, 6) is 0. The summed E-state index contributed by atoms with van der Waals surface area (Å²) in [7, 11) is 0. The van der Waals surface area contributed by atoms with E-state index in [-0.39, 0.29) is 16.5 Å². The van der Waals surface area contributed by atoms with Crippen molar-refractivity contribution in [2.75, 3.05) is 0 Å². The minimum Gasteiger partial charge on any atom is -0.255 e. The van der Waals surface area contributed by atoms with Crippen LogP contribution in [0.2, 0.25) is 0 Å². The summed E-state index contributed by atoms with van der Waals surface area (Å²) in [6, 6.07) is 17.6. The van der Waals surface area contributed by atoms with Crippen LogP contribution in [0.15, 0.2) is 82.8 Å². The van der Waals surface area contributed by atoms with E-state index in [1.807, 2.05) is 0 Å². The zero-order valence-corrected chi connectivity index (χ0v) is 54.1. The summed E-state index contributed by atoms with van der Waals surface area (Å²) < 4.78 is 0. The van der Waals surface area contributed by atoms with Crippen molar-refractivity contribution in [3.05, 3.63) is 84.0 Å². The van der Waals surface area contributed by atoms with Crippen molar-refractivity contribution in [2.45, 2.75) is 374 Å². The number of allylic oxidation sites excluding steroid dienone is 4. The third kappa shape index (κ3) is 50.0. The Labute approximate surface area is 504 Å². The minimum atomic E-state index is 0. The van der Waals surface area contributed by atoms with E-state index in [0.29, 0.717) is 0 Å². The summed E-state index contributed by atoms with van der Waals surface area (Å²) in [6.45, 7) is 6.89. The topological polar surface area (TPSA) is 24.7 Å². The number of para-hydroxylation sites is 2. The van der Waals surface area contributed by atoms with Crippen LogP contribution in [0.1, 0.15) is 372 Å². The third-order valence-corrected chi connectivity index (χ3v) is 16.8. The quantitative estimate of drug-likeness (QED) is 0.0273. The fourth-order valence-corrected chi connectivity index (χ4v) is 11.5. The summed E-state index contributed by atoms with van der Waals surface area (Å²) in [6.07, 6.45) is 88.0. The first-order valence-electron chi connectivity index (χ1n) is 35.4. The average molecular weight is 1130 g/mol. The fourth-order valence-electron chi connectivity index (χ4n) is 11.5. The van der Waals surface area contributed by atoms with Crippen molar-refractivity contribution in [2.24, 2.45) is 9.98 Å². The van der Waals surface area contributed by atoms with Gasteiger partial charge in [0.1, 0.15) is 0 Å². The predicted octanol–water partition coefficient (Wildman–Crippen LogP) is 27.1. The van der Waals surface area contributed by atoms with Crippen molar-refractivity contribution in [1.29, 1.82) is 0 Å². The van der Waals surface area contributed by atoms with Crippen LogP contribution < -0.4 is 0 Å². The number of aliphatic imine (C=N–C) groups is 2. The first-order chi connectivity index (χ1) is 38.8. The van der Waals surface area contributed by atoms with E-state index in [4.69, 9.17) is 9.98 Å². The molecule has 0 saturated heterocycles. The molecule has 0 aliphatic carbocycles. The Morgan fingerprint density at radius 3 is 0.861 bits per heavy atom. The van der Waals surface area contributed by atoms with Crippen molar-refractivity contribution >= 4 is 23.3 Å². The van der Waals surface area contributed by atoms with Crippen molar-refractivity contribution in [1.82, 2.24) is 0 Å². The van der Waals surface area contributed by atoms with Gasteiger partial charge in [-0.05, 0) is 100 Å². The average Bonchev–Trinajstić information content (AvgIpc) is 3.46. The molecule has 0 heterocycles. The zero-order chi connectivity index (χ0) is 55.4. The van der Waals surface area contributed by atoms with E-state index in [2.05, 4.69) is 99.8 Å². The molecule has 0 aliphatic heterocycles. The van der Waals surface area contributed by atoms with E-state index in [1.165, 1.54) is 319 Å². The van der Waals surface area contributed by atoms with E-state index in [9.17, 15) is 0 Å². The molecule has 2 rings (SSSR count). The second-order valence-electron chi connectivity index (χ2n) is 24.4. The standard InChI is InChI=1S/C76H132N2.Ni/c1-4-7-10-12-14-16-18-20-22-24-26-28-30-32-34-36-38-40-42-44-46-48-50-52-54-56-58-64-72-66-60-62-69-75(72)77-71-74(68-9-6-3)78-76-70-63-61-67-73(76)65-59-57-55-53-51-49-47-45-43-41-39-37-35-33-31-29-27-25-23-21-19-17-15-13-11-8-5-2;/h52-55,60-63,66-67,69-71H,4-51,56-59,64-65,68H2,1-3H3;. The van der Waals surface area contributed by atoms with Gasteiger partial charge >= 0.3 is 0 Å². The van der Waals surface area contributed by atoms with Crippen LogP contribution >= 0.6 is 0 Å². The Bertz CT molecular complexity index is 1650. The van der Waals surface area contributed by atoms with Gasteiger partial charge in [-0.3, -0.25) is 9.98 Å². The molecule has 0 unspecified atom stereocenters. The van der Waals surface area contributed by atoms with E-state index >= 15 is 0 Å². The summed E-state index contributed by atoms with van der Waals surface area (Å²) in [5.41, 5.74) is 6.02. The molecule has 2 aromatic carbocycles. The summed E-state index contributed by atoms with van der Waals surface area (Å²) >= 11 is 0. The number of benzene rings is 2. The van der Waals surface area contributed by atoms with Crippen LogP contribution in [-0.2, 0) is 29.3 Å². The maximum absolute atomic E-state index is 5.26. The smallest absolute Gasteiger partial charge is 0.0665 e. The van der Waals surface area contributed by atoms with E-state index in [0.717, 1.165) is 62.0 Å². The molecule has 0 spiro atoms. The van der Waals surface area contributed by atoms with Crippen LogP contribution in [0.25, 0.3) is 0 Å². The number of aryl methyl sites for hydroxylation is 2. The Balaban J connectivity index is 0.0000312. The molecule has 0 bridgehead atoms. The molecular formula is C76H132N2Ni. The van der Waals surface area contributed by atoms with Gasteiger partial charge in [0.15, 0.2) is 0 Å². The molecule has 0 fully saturated rings. The van der Waals surface area contributed by atoms with Gasteiger partial charge in [0.25, 0.3) is 0 Å². The second-order valence-corrected chi connectivity index (χ2v) is 24.4. The van der Waals surface area contributed by atoms with Gasteiger partial charge in [0.2, 0.25) is 0 Å². The molecule has 0 atom stereocenters. The first-order valence-corrected chi connectivity index (χ1v) is 35.4. The Hall–Kier alpha value is -2.25. The Kier molecular flexibility index (Phi) is 58.5. The Morgan fingerprint density at radius 1 is 0.291 bits per heavy atom. The monoisotopic (exact) mass is 1130 g/mol. The molecular weight excluding hydrogens is 1000 g/mol. The number of nitrogens with zero attached hydrogens (tertiary/aromatic N) is 2. The van der Waals surface area contributed by atoms with Crippen LogP contribution in [-0.4, -0.2) is 11.9 Å². The normalized spacial score (nSPS) is 12.1. The molecule has 0 saturated carbocycles. The van der Waals surface area contributed by atoms with Crippen molar-refractivity contribution < 1.29 is 16.5 Å². The van der Waals surface area contributed by atoms with E-state index in [1.54, 1.807) is 0 Å². The van der Waals surface area contributed by atoms with Crippen LogP contribution in [0.5, 0.6) is 0 Å². The molecule has 2 aromatic rings. The predicted molar refractivity (Wildman–Crippen MR) is 356 cm³/mol. The zero-order valence-electron chi connectivity index (χ0n) is 53.1. The molecule has 0 amide bonds. The van der Waals surface area contributed by atoms with Gasteiger partial charge in [-0.25, -0.2) is 0 Å². The van der Waals surface area contributed by atoms with Gasteiger partial charge in [-0.2, -0.15) is 0 Å².